The number of hydrogen-bond donors (Lipinski definition) is 2. The third-order valence-electron chi connectivity index (χ3n) is 12.6. The number of fused-ring (bicyclic) bond motifs is 4. The second-order valence-electron chi connectivity index (χ2n) is 16.5. The summed E-state index contributed by atoms with van der Waals surface area (Å²) in [5.74, 6) is 6.58. The largest absolute Gasteiger partial charge is 0.385 e. The van der Waals surface area contributed by atoms with Crippen LogP contribution in [0, 0.1) is 34.5 Å². The molecule has 7 nitrogen and oxygen atoms in total. The SMILES string of the molecule is CN(C)c1ccc([C@H]2C[C@@]3(C)[C@@H](CC[C@@]3(O)C#CCOC3CCCCO3)[C@@H]3CC[C@@]4(O)CC5(CCC4=C32)OCC(C)(C)CO5)cc1. The van der Waals surface area contributed by atoms with Crippen LogP contribution in [0.15, 0.2) is 35.4 Å². The van der Waals surface area contributed by atoms with E-state index in [2.05, 4.69) is 75.9 Å². The van der Waals surface area contributed by atoms with Crippen molar-refractivity contribution in [2.75, 3.05) is 45.4 Å². The van der Waals surface area contributed by atoms with Gasteiger partial charge < -0.3 is 34.1 Å². The van der Waals surface area contributed by atoms with Crippen LogP contribution in [0.1, 0.15) is 103 Å². The molecule has 1 spiro atoms. The number of aliphatic hydroxyl groups is 2. The highest BCUT2D eigenvalue weighted by Crippen LogP contribution is 2.68. The van der Waals surface area contributed by atoms with Crippen molar-refractivity contribution in [1.29, 1.82) is 0 Å². The van der Waals surface area contributed by atoms with Gasteiger partial charge in [-0.25, -0.2) is 0 Å². The van der Waals surface area contributed by atoms with Crippen molar-refractivity contribution in [2.24, 2.45) is 22.7 Å². The van der Waals surface area contributed by atoms with Crippen molar-refractivity contribution in [2.45, 2.75) is 121 Å². The van der Waals surface area contributed by atoms with Crippen LogP contribution in [0.5, 0.6) is 0 Å². The number of ether oxygens (including phenoxy) is 4. The molecular formula is C39H55NO6. The molecule has 0 radical (unpaired) electrons. The molecule has 4 aliphatic carbocycles. The molecule has 2 heterocycles. The van der Waals surface area contributed by atoms with Gasteiger partial charge in [0.2, 0.25) is 0 Å². The smallest absolute Gasteiger partial charge is 0.171 e. The summed E-state index contributed by atoms with van der Waals surface area (Å²) in [6.07, 6.45) is 8.97. The topological polar surface area (TPSA) is 80.6 Å². The van der Waals surface area contributed by atoms with Crippen molar-refractivity contribution in [3.05, 3.63) is 41.0 Å². The predicted octanol–water partition coefficient (Wildman–Crippen LogP) is 6.32. The molecule has 0 amide bonds. The molecule has 7 rings (SSSR count). The van der Waals surface area contributed by atoms with E-state index >= 15 is 0 Å². The van der Waals surface area contributed by atoms with Gasteiger partial charge in [-0.1, -0.05) is 50.3 Å². The van der Waals surface area contributed by atoms with Crippen LogP contribution in [0.4, 0.5) is 5.69 Å². The lowest BCUT2D eigenvalue weighted by Gasteiger charge is -2.58. The number of hydrogen-bond acceptors (Lipinski definition) is 7. The van der Waals surface area contributed by atoms with Gasteiger partial charge in [-0.2, -0.15) is 0 Å². The van der Waals surface area contributed by atoms with Gasteiger partial charge in [-0.05, 0) is 92.9 Å². The van der Waals surface area contributed by atoms with Gasteiger partial charge in [0, 0.05) is 56.0 Å². The molecule has 2 saturated heterocycles. The minimum absolute atomic E-state index is 0.0140. The summed E-state index contributed by atoms with van der Waals surface area (Å²) in [6, 6.07) is 8.93. The van der Waals surface area contributed by atoms with Gasteiger partial charge >= 0.3 is 0 Å². The third-order valence-corrected chi connectivity index (χ3v) is 12.6. The highest BCUT2D eigenvalue weighted by molar-refractivity contribution is 5.50. The van der Waals surface area contributed by atoms with Crippen molar-refractivity contribution in [1.82, 2.24) is 0 Å². The summed E-state index contributed by atoms with van der Waals surface area (Å²) in [5.41, 5.74) is 2.65. The quantitative estimate of drug-likeness (QED) is 0.297. The molecule has 0 bridgehead atoms. The van der Waals surface area contributed by atoms with E-state index in [0.717, 1.165) is 63.7 Å². The lowest BCUT2D eigenvalue weighted by atomic mass is 9.49. The van der Waals surface area contributed by atoms with Gasteiger partial charge in [0.15, 0.2) is 12.1 Å². The average Bonchev–Trinajstić information content (AvgIpc) is 3.30. The van der Waals surface area contributed by atoms with E-state index in [9.17, 15) is 10.2 Å². The summed E-state index contributed by atoms with van der Waals surface area (Å²) < 4.78 is 24.5. The number of benzene rings is 1. The average molecular weight is 634 g/mol. The van der Waals surface area contributed by atoms with E-state index in [0.29, 0.717) is 44.3 Å². The first-order valence-electron chi connectivity index (χ1n) is 17.8. The Hall–Kier alpha value is -1.92. The van der Waals surface area contributed by atoms with Crippen LogP contribution in [-0.4, -0.2) is 74.0 Å². The number of anilines is 1. The van der Waals surface area contributed by atoms with Gasteiger partial charge in [-0.15, -0.1) is 0 Å². The summed E-state index contributed by atoms with van der Waals surface area (Å²) in [6.45, 7) is 8.95. The van der Waals surface area contributed by atoms with Crippen molar-refractivity contribution in [3.63, 3.8) is 0 Å². The van der Waals surface area contributed by atoms with E-state index in [-0.39, 0.29) is 29.6 Å². The van der Waals surface area contributed by atoms with Crippen molar-refractivity contribution < 1.29 is 29.2 Å². The molecular weight excluding hydrogens is 578 g/mol. The highest BCUT2D eigenvalue weighted by atomic mass is 16.7. The molecule has 7 heteroatoms. The fourth-order valence-electron chi connectivity index (χ4n) is 9.93. The van der Waals surface area contributed by atoms with Crippen LogP contribution in [0.3, 0.4) is 0 Å². The van der Waals surface area contributed by atoms with Gasteiger partial charge in [0.25, 0.3) is 0 Å². The van der Waals surface area contributed by atoms with Gasteiger partial charge in [0.05, 0.1) is 18.8 Å². The molecule has 1 aromatic carbocycles. The van der Waals surface area contributed by atoms with E-state index in [1.807, 2.05) is 0 Å². The highest BCUT2D eigenvalue weighted by Gasteiger charge is 2.64. The maximum atomic E-state index is 12.5. The maximum absolute atomic E-state index is 12.5. The Labute approximate surface area is 276 Å². The monoisotopic (exact) mass is 633 g/mol. The zero-order valence-corrected chi connectivity index (χ0v) is 28.7. The summed E-state index contributed by atoms with van der Waals surface area (Å²) in [5, 5.41) is 24.9. The molecule has 3 saturated carbocycles. The van der Waals surface area contributed by atoms with E-state index in [4.69, 9.17) is 18.9 Å². The first-order valence-corrected chi connectivity index (χ1v) is 17.8. The molecule has 2 N–H and O–H groups in total. The zero-order valence-electron chi connectivity index (χ0n) is 28.7. The lowest BCUT2D eigenvalue weighted by molar-refractivity contribution is -0.322. The van der Waals surface area contributed by atoms with Crippen LogP contribution in [0.2, 0.25) is 0 Å². The Kier molecular flexibility index (Phi) is 8.44. The molecule has 7 atom stereocenters. The molecule has 1 aromatic rings. The first kappa shape index (κ1) is 32.6. The third kappa shape index (κ3) is 5.65. The maximum Gasteiger partial charge on any atom is 0.171 e. The van der Waals surface area contributed by atoms with Crippen molar-refractivity contribution >= 4 is 5.69 Å². The summed E-state index contributed by atoms with van der Waals surface area (Å²) in [4.78, 5) is 2.13. The Morgan fingerprint density at radius 1 is 0.957 bits per heavy atom. The minimum atomic E-state index is -1.09. The number of rotatable bonds is 4. The Morgan fingerprint density at radius 3 is 2.41 bits per heavy atom. The molecule has 252 valence electrons. The molecule has 1 unspecified atom stereocenters. The summed E-state index contributed by atoms with van der Waals surface area (Å²) >= 11 is 0. The van der Waals surface area contributed by atoms with E-state index in [1.54, 1.807) is 0 Å². The van der Waals surface area contributed by atoms with Gasteiger partial charge in [-0.3, -0.25) is 0 Å². The Morgan fingerprint density at radius 2 is 1.72 bits per heavy atom. The zero-order chi connectivity index (χ0) is 32.4. The predicted molar refractivity (Wildman–Crippen MR) is 178 cm³/mol. The molecule has 2 aliphatic heterocycles. The Bertz CT molecular complexity index is 1380. The summed E-state index contributed by atoms with van der Waals surface area (Å²) in [7, 11) is 4.14. The van der Waals surface area contributed by atoms with Crippen LogP contribution in [-0.2, 0) is 18.9 Å². The molecule has 6 aliphatic rings. The van der Waals surface area contributed by atoms with E-state index < -0.39 is 17.0 Å². The fourth-order valence-corrected chi connectivity index (χ4v) is 9.93. The standard InChI is InChI=1S/C39H55NO6/c1-35(2)25-45-39(46-26-35)20-16-32-34-29(14-18-37(32,41)24-39)31-15-19-38(42,17-8-22-44-33-9-6-7-21-43-33)36(31,3)23-30(34)27-10-12-28(13-11-27)40(4)5/h10-13,29-31,33,41-42H,6-7,9,14-16,18-26H2,1-5H3/t29-,30+,31-,33?,36-,37+,38-/m0/s1. The molecule has 5 fully saturated rings. The van der Waals surface area contributed by atoms with Crippen LogP contribution in [0.25, 0.3) is 0 Å². The van der Waals surface area contributed by atoms with Crippen LogP contribution < -0.4 is 4.90 Å². The molecule has 46 heavy (non-hydrogen) atoms. The Balaban J connectivity index is 1.22. The minimum Gasteiger partial charge on any atom is -0.385 e. The van der Waals surface area contributed by atoms with Gasteiger partial charge in [0.1, 0.15) is 12.2 Å². The van der Waals surface area contributed by atoms with Crippen LogP contribution >= 0.6 is 0 Å². The number of allylic oxidation sites excluding steroid dienone is 1. The first-order chi connectivity index (χ1) is 21.9. The second-order valence-corrected chi connectivity index (χ2v) is 16.5. The van der Waals surface area contributed by atoms with E-state index in [1.165, 1.54) is 16.7 Å². The normalized spacial score (nSPS) is 39.5. The van der Waals surface area contributed by atoms with Crippen molar-refractivity contribution in [3.8, 4) is 11.8 Å². The lowest BCUT2D eigenvalue weighted by Crippen LogP contribution is -2.58. The number of nitrogens with zero attached hydrogens (tertiary/aromatic N) is 1. The molecule has 0 aromatic heterocycles. The second kappa shape index (κ2) is 11.9. The fraction of sp³-hybridized carbons (Fsp3) is 0.744.